The van der Waals surface area contributed by atoms with E-state index >= 15 is 0 Å². The van der Waals surface area contributed by atoms with E-state index < -0.39 is 18.2 Å². The normalized spacial score (nSPS) is 13.4. The Balaban J connectivity index is 4.44. The molecule has 0 aromatic rings. The van der Waals surface area contributed by atoms with Crippen molar-refractivity contribution < 1.29 is 24.5 Å². The van der Waals surface area contributed by atoms with Gasteiger partial charge in [0.2, 0.25) is 5.91 Å². The summed E-state index contributed by atoms with van der Waals surface area (Å²) in [4.78, 5) is 26.1. The highest BCUT2D eigenvalue weighted by molar-refractivity contribution is 5.77. The van der Waals surface area contributed by atoms with E-state index in [9.17, 15) is 19.8 Å². The minimum atomic E-state index is -0.788. The van der Waals surface area contributed by atoms with Gasteiger partial charge in [0, 0.05) is 6.42 Å². The van der Waals surface area contributed by atoms with Crippen LogP contribution in [0.15, 0.2) is 36.5 Å². The molecule has 0 fully saturated rings. The van der Waals surface area contributed by atoms with Crippen molar-refractivity contribution in [3.05, 3.63) is 36.5 Å². The van der Waals surface area contributed by atoms with E-state index in [1.165, 1.54) is 173 Å². The van der Waals surface area contributed by atoms with E-state index in [1.54, 1.807) is 0 Å². The monoisotopic (exact) mass is 872 g/mol. The summed E-state index contributed by atoms with van der Waals surface area (Å²) in [6.45, 7) is 6.47. The third-order valence-corrected chi connectivity index (χ3v) is 12.5. The number of rotatable bonds is 49. The van der Waals surface area contributed by atoms with Crippen LogP contribution >= 0.6 is 0 Å². The molecule has 3 N–H and O–H groups in total. The third-order valence-electron chi connectivity index (χ3n) is 12.5. The minimum Gasteiger partial charge on any atom is -0.462 e. The smallest absolute Gasteiger partial charge is 0.306 e. The molecule has 0 aliphatic carbocycles. The number of hydrogen-bond donors (Lipinski definition) is 3. The summed E-state index contributed by atoms with van der Waals surface area (Å²) in [6.07, 6.45) is 59.2. The number of esters is 1. The van der Waals surface area contributed by atoms with Gasteiger partial charge >= 0.3 is 5.97 Å². The summed E-state index contributed by atoms with van der Waals surface area (Å²) < 4.78 is 5.92. The average Bonchev–Trinajstić information content (AvgIpc) is 3.26. The van der Waals surface area contributed by atoms with Crippen LogP contribution in [0.2, 0.25) is 0 Å². The van der Waals surface area contributed by atoms with E-state index in [0.717, 1.165) is 64.2 Å². The lowest BCUT2D eigenvalue weighted by atomic mass is 10.0. The summed E-state index contributed by atoms with van der Waals surface area (Å²) in [5.41, 5.74) is 0. The molecule has 0 aromatic heterocycles. The summed E-state index contributed by atoms with van der Waals surface area (Å²) in [7, 11) is 0. The molecule has 364 valence electrons. The number of hydrogen-bond acceptors (Lipinski definition) is 5. The van der Waals surface area contributed by atoms with Crippen molar-refractivity contribution >= 4 is 11.9 Å². The van der Waals surface area contributed by atoms with Crippen molar-refractivity contribution in [1.82, 2.24) is 5.32 Å². The molecule has 0 rings (SSSR count). The largest absolute Gasteiger partial charge is 0.462 e. The van der Waals surface area contributed by atoms with Gasteiger partial charge in [0.1, 0.15) is 6.10 Å². The number of nitrogens with one attached hydrogen (secondary N) is 1. The van der Waals surface area contributed by atoms with Crippen LogP contribution in [0.5, 0.6) is 0 Å². The molecule has 1 amide bonds. The first-order chi connectivity index (χ1) is 30.5. The quantitative estimate of drug-likeness (QED) is 0.0321. The van der Waals surface area contributed by atoms with Crippen LogP contribution in [0.3, 0.4) is 0 Å². The second-order valence-corrected chi connectivity index (χ2v) is 18.7. The maximum Gasteiger partial charge on any atom is 0.306 e. The zero-order valence-corrected chi connectivity index (χ0v) is 41.5. The highest BCUT2D eigenvalue weighted by Gasteiger charge is 2.24. The predicted molar refractivity (Wildman–Crippen MR) is 269 cm³/mol. The van der Waals surface area contributed by atoms with Crippen molar-refractivity contribution in [1.29, 1.82) is 0 Å². The molecule has 62 heavy (non-hydrogen) atoms. The van der Waals surface area contributed by atoms with Gasteiger partial charge in [0.15, 0.2) is 0 Å². The second-order valence-electron chi connectivity index (χ2n) is 18.7. The fourth-order valence-corrected chi connectivity index (χ4v) is 8.37. The van der Waals surface area contributed by atoms with Gasteiger partial charge < -0.3 is 20.3 Å². The van der Waals surface area contributed by atoms with E-state index in [4.69, 9.17) is 4.74 Å². The van der Waals surface area contributed by atoms with Crippen molar-refractivity contribution in [3.63, 3.8) is 0 Å². The Kier molecular flexibility index (Phi) is 48.5. The highest BCUT2D eigenvalue weighted by atomic mass is 16.5. The van der Waals surface area contributed by atoms with Crippen LogP contribution in [0.25, 0.3) is 0 Å². The fraction of sp³-hybridized carbons (Fsp3) is 0.857. The number of aliphatic hydroxyl groups excluding tert-OH is 2. The molecule has 3 atom stereocenters. The van der Waals surface area contributed by atoms with Gasteiger partial charge in [-0.05, 0) is 51.4 Å². The Morgan fingerprint density at radius 3 is 1.23 bits per heavy atom. The lowest BCUT2D eigenvalue weighted by Gasteiger charge is -2.24. The lowest BCUT2D eigenvalue weighted by Crippen LogP contribution is -2.46. The topological polar surface area (TPSA) is 95.9 Å². The predicted octanol–water partition coefficient (Wildman–Crippen LogP) is 16.5. The van der Waals surface area contributed by atoms with Gasteiger partial charge in [-0.1, -0.05) is 256 Å². The van der Waals surface area contributed by atoms with E-state index in [0.29, 0.717) is 19.3 Å². The molecule has 6 heteroatoms. The molecule has 0 spiro atoms. The van der Waals surface area contributed by atoms with Crippen molar-refractivity contribution in [2.75, 3.05) is 6.61 Å². The maximum absolute atomic E-state index is 13.2. The van der Waals surface area contributed by atoms with Crippen molar-refractivity contribution in [2.45, 2.75) is 302 Å². The molecule has 0 saturated heterocycles. The van der Waals surface area contributed by atoms with Gasteiger partial charge in [-0.15, -0.1) is 0 Å². The van der Waals surface area contributed by atoms with Crippen LogP contribution in [0.1, 0.15) is 284 Å². The second kappa shape index (κ2) is 50.1. The van der Waals surface area contributed by atoms with Gasteiger partial charge in [-0.2, -0.15) is 0 Å². The average molecular weight is 872 g/mol. The highest BCUT2D eigenvalue weighted by Crippen LogP contribution is 2.18. The Labute approximate surface area is 385 Å². The Morgan fingerprint density at radius 1 is 0.468 bits per heavy atom. The maximum atomic E-state index is 13.2. The first kappa shape index (κ1) is 60.1. The minimum absolute atomic E-state index is 0.0726. The van der Waals surface area contributed by atoms with Crippen LogP contribution < -0.4 is 5.32 Å². The lowest BCUT2D eigenvalue weighted by molar-refractivity contribution is -0.151. The molecule has 0 aliphatic rings. The molecule has 0 bridgehead atoms. The third kappa shape index (κ3) is 44.7. The zero-order valence-electron chi connectivity index (χ0n) is 41.5. The number of ether oxygens (including phenoxy) is 1. The zero-order chi connectivity index (χ0) is 45.2. The molecule has 0 aromatic carbocycles. The van der Waals surface area contributed by atoms with E-state index in [-0.39, 0.29) is 24.9 Å². The molecule has 0 heterocycles. The molecule has 0 aliphatic heterocycles. The SMILES string of the molecule is CCCCCCC/C=C/C=C/C=C/CCCCCCCC(=O)OC(CCCCCCCCCCC)CC(=O)NC(CO)C(O)CCCCCCCCCCCCCCCCCC. The Hall–Kier alpha value is -1.92. The first-order valence-electron chi connectivity index (χ1n) is 27.2. The fourth-order valence-electron chi connectivity index (χ4n) is 8.37. The number of amides is 1. The number of aliphatic hydroxyl groups is 2. The molecule has 0 saturated carbocycles. The molecular formula is C56H105NO5. The van der Waals surface area contributed by atoms with Crippen molar-refractivity contribution in [3.8, 4) is 0 Å². The van der Waals surface area contributed by atoms with Crippen LogP contribution in [-0.2, 0) is 14.3 Å². The summed E-state index contributed by atoms with van der Waals surface area (Å²) in [6, 6.07) is -0.702. The molecule has 0 radical (unpaired) electrons. The first-order valence-corrected chi connectivity index (χ1v) is 27.2. The summed E-state index contributed by atoms with van der Waals surface area (Å²) in [5.74, 6) is -0.487. The number of carbonyl (C=O) groups is 2. The number of allylic oxidation sites excluding steroid dienone is 6. The summed E-state index contributed by atoms with van der Waals surface area (Å²) in [5, 5.41) is 23.8. The van der Waals surface area contributed by atoms with Gasteiger partial charge in [0.05, 0.1) is 25.2 Å². The van der Waals surface area contributed by atoms with Crippen LogP contribution in [0, 0.1) is 0 Å². The number of unbranched alkanes of at least 4 members (excludes halogenated alkanes) is 33. The molecular weight excluding hydrogens is 767 g/mol. The Morgan fingerprint density at radius 2 is 0.823 bits per heavy atom. The van der Waals surface area contributed by atoms with E-state index in [1.807, 2.05) is 0 Å². The van der Waals surface area contributed by atoms with E-state index in [2.05, 4.69) is 62.5 Å². The molecule has 6 nitrogen and oxygen atoms in total. The summed E-state index contributed by atoms with van der Waals surface area (Å²) >= 11 is 0. The van der Waals surface area contributed by atoms with Crippen molar-refractivity contribution in [2.24, 2.45) is 0 Å². The molecule has 3 unspecified atom stereocenters. The van der Waals surface area contributed by atoms with Gasteiger partial charge in [0.25, 0.3) is 0 Å². The van der Waals surface area contributed by atoms with Gasteiger partial charge in [-0.25, -0.2) is 0 Å². The standard InChI is InChI=1S/C56H105NO5/c1-4-7-10-13-16-19-21-23-25-27-28-30-32-34-37-40-43-46-49-56(61)62-52(47-44-41-38-35-18-15-12-9-6-3)50-55(60)57-53(51-58)54(59)48-45-42-39-36-33-31-29-26-24-22-20-17-14-11-8-5-2/h21,23,25,27-28,30,52-54,58-59H,4-20,22,24,26,29,31-51H2,1-3H3,(H,57,60)/b23-21+,27-25+,30-28+. The van der Waals surface area contributed by atoms with Gasteiger partial charge in [-0.3, -0.25) is 9.59 Å². The number of carbonyl (C=O) groups excluding carboxylic acids is 2. The van der Waals surface area contributed by atoms with Crippen LogP contribution in [0.4, 0.5) is 0 Å². The Bertz CT molecular complexity index is 1020. The van der Waals surface area contributed by atoms with Crippen LogP contribution in [-0.4, -0.2) is 46.9 Å².